The van der Waals surface area contributed by atoms with E-state index in [-0.39, 0.29) is 15.8 Å². The molecule has 0 N–H and O–H groups in total. The minimum absolute atomic E-state index is 0.227. The maximum atomic E-state index is 12.4. The summed E-state index contributed by atoms with van der Waals surface area (Å²) in [5.41, 5.74) is -1.20. The molecule has 0 amide bonds. The van der Waals surface area contributed by atoms with Crippen LogP contribution in [-0.4, -0.2) is 0 Å². The van der Waals surface area contributed by atoms with Crippen LogP contribution in [0.2, 0.25) is 0 Å². The van der Waals surface area contributed by atoms with Crippen molar-refractivity contribution in [2.75, 3.05) is 0 Å². The Morgan fingerprint density at radius 1 is 1.29 bits per heavy atom. The van der Waals surface area contributed by atoms with Gasteiger partial charge in [0.1, 0.15) is 5.39 Å². The summed E-state index contributed by atoms with van der Waals surface area (Å²) in [5.74, 6) is 0. The number of fused-ring (bicyclic) bond motifs is 1. The lowest BCUT2D eigenvalue weighted by molar-refractivity contribution is -0.584. The van der Waals surface area contributed by atoms with Crippen molar-refractivity contribution in [1.82, 2.24) is 0 Å². The molecule has 6 heteroatoms. The quantitative estimate of drug-likeness (QED) is 0.485. The zero-order valence-corrected chi connectivity index (χ0v) is 6.71. The van der Waals surface area contributed by atoms with Crippen LogP contribution >= 0.6 is 0 Å². The van der Waals surface area contributed by atoms with E-state index in [0.717, 1.165) is 24.6 Å². The summed E-state index contributed by atoms with van der Waals surface area (Å²) in [7, 11) is 0. The summed E-state index contributed by atoms with van der Waals surface area (Å²) >= 11 is 0. The normalized spacial score (nSPS) is 12.2. The highest BCUT2D eigenvalue weighted by molar-refractivity contribution is 5.75. The fourth-order valence-corrected chi connectivity index (χ4v) is 1.22. The molecule has 0 aliphatic rings. The monoisotopic (exact) mass is 203 g/mol. The smallest absolute Gasteiger partial charge is 0.417 e. The topological polar surface area (TPSA) is 40.1 Å². The number of alkyl halides is 3. The second-order valence-corrected chi connectivity index (χ2v) is 2.69. The van der Waals surface area contributed by atoms with Gasteiger partial charge in [-0.15, -0.1) is 4.73 Å². The van der Waals surface area contributed by atoms with Gasteiger partial charge in [-0.25, -0.2) is 0 Å². The molecule has 3 nitrogen and oxygen atoms in total. The molecule has 14 heavy (non-hydrogen) atoms. The molecule has 0 saturated carbocycles. The van der Waals surface area contributed by atoms with Crippen LogP contribution in [0.25, 0.3) is 11.1 Å². The minimum atomic E-state index is -4.48. The number of aromatic nitrogens is 1. The Hall–Kier alpha value is -1.72. The SMILES string of the molecule is [O-][n+]1ccc(C(F)(F)F)c2ccoc21. The van der Waals surface area contributed by atoms with Gasteiger partial charge >= 0.3 is 11.9 Å². The largest absolute Gasteiger partial charge is 0.616 e. The summed E-state index contributed by atoms with van der Waals surface area (Å²) < 4.78 is 42.0. The van der Waals surface area contributed by atoms with E-state index >= 15 is 0 Å². The summed E-state index contributed by atoms with van der Waals surface area (Å²) in [6.07, 6.45) is -2.65. The molecule has 0 aromatic carbocycles. The second-order valence-electron chi connectivity index (χ2n) is 2.69. The van der Waals surface area contributed by atoms with Gasteiger partial charge in [-0.3, -0.25) is 0 Å². The molecule has 2 aromatic rings. The Morgan fingerprint density at radius 2 is 2.00 bits per heavy atom. The van der Waals surface area contributed by atoms with Crippen molar-refractivity contribution in [3.8, 4) is 0 Å². The van der Waals surface area contributed by atoms with Crippen molar-refractivity contribution in [2.45, 2.75) is 6.18 Å². The van der Waals surface area contributed by atoms with Crippen LogP contribution in [0.4, 0.5) is 13.2 Å². The first-order valence-electron chi connectivity index (χ1n) is 3.67. The van der Waals surface area contributed by atoms with Crippen LogP contribution in [0.3, 0.4) is 0 Å². The summed E-state index contributed by atoms with van der Waals surface area (Å²) in [5, 5.41) is 10.7. The van der Waals surface area contributed by atoms with Crippen LogP contribution in [-0.2, 0) is 6.18 Å². The third-order valence-corrected chi connectivity index (χ3v) is 1.82. The van der Waals surface area contributed by atoms with E-state index in [1.807, 2.05) is 0 Å². The fourth-order valence-electron chi connectivity index (χ4n) is 1.22. The highest BCUT2D eigenvalue weighted by Gasteiger charge is 2.35. The number of hydrogen-bond donors (Lipinski definition) is 0. The Balaban J connectivity index is 2.80. The number of rotatable bonds is 0. The van der Waals surface area contributed by atoms with Gasteiger partial charge in [-0.05, 0) is 6.07 Å². The molecule has 0 unspecified atom stereocenters. The van der Waals surface area contributed by atoms with Gasteiger partial charge < -0.3 is 9.62 Å². The zero-order chi connectivity index (χ0) is 10.3. The van der Waals surface area contributed by atoms with E-state index in [2.05, 4.69) is 4.42 Å². The van der Waals surface area contributed by atoms with Gasteiger partial charge in [-0.1, -0.05) is 0 Å². The highest BCUT2D eigenvalue weighted by Crippen LogP contribution is 2.33. The Labute approximate surface area is 75.9 Å². The third kappa shape index (κ3) is 1.19. The molecule has 0 aliphatic carbocycles. The maximum Gasteiger partial charge on any atom is 0.417 e. The summed E-state index contributed by atoms with van der Waals surface area (Å²) in [6.45, 7) is 0. The number of nitrogens with zero attached hydrogens (tertiary/aromatic N) is 1. The molecule has 2 aromatic heterocycles. The Bertz CT molecular complexity index is 475. The van der Waals surface area contributed by atoms with Crippen molar-refractivity contribution >= 4 is 11.1 Å². The second kappa shape index (κ2) is 2.63. The van der Waals surface area contributed by atoms with Crippen LogP contribution in [0, 0.1) is 5.21 Å². The van der Waals surface area contributed by atoms with Crippen molar-refractivity contribution in [3.05, 3.63) is 35.4 Å². The minimum Gasteiger partial charge on any atom is -0.616 e. The van der Waals surface area contributed by atoms with Crippen molar-refractivity contribution in [1.29, 1.82) is 0 Å². The number of hydrogen-bond acceptors (Lipinski definition) is 2. The van der Waals surface area contributed by atoms with E-state index in [4.69, 9.17) is 0 Å². The maximum absolute atomic E-state index is 12.4. The average molecular weight is 203 g/mol. The van der Waals surface area contributed by atoms with Crippen LogP contribution in [0.5, 0.6) is 0 Å². The van der Waals surface area contributed by atoms with Crippen LogP contribution in [0.15, 0.2) is 29.0 Å². The lowest BCUT2D eigenvalue weighted by Gasteiger charge is -2.06. The zero-order valence-electron chi connectivity index (χ0n) is 6.71. The van der Waals surface area contributed by atoms with Crippen LogP contribution in [0.1, 0.15) is 5.56 Å². The van der Waals surface area contributed by atoms with E-state index in [1.165, 1.54) is 0 Å². The molecular weight excluding hydrogens is 199 g/mol. The van der Waals surface area contributed by atoms with Gasteiger partial charge in [-0.2, -0.15) is 13.2 Å². The molecule has 0 atom stereocenters. The molecular formula is C8H4F3NO2. The van der Waals surface area contributed by atoms with E-state index in [1.54, 1.807) is 0 Å². The first-order chi connectivity index (χ1) is 6.50. The number of furan rings is 1. The molecule has 0 spiro atoms. The van der Waals surface area contributed by atoms with Gasteiger partial charge in [0, 0.05) is 6.07 Å². The van der Waals surface area contributed by atoms with E-state index in [0.29, 0.717) is 0 Å². The van der Waals surface area contributed by atoms with Gasteiger partial charge in [0.05, 0.1) is 11.8 Å². The lowest BCUT2D eigenvalue weighted by atomic mass is 10.2. The lowest BCUT2D eigenvalue weighted by Crippen LogP contribution is -2.26. The molecule has 74 valence electrons. The molecule has 0 aliphatic heterocycles. The molecule has 2 heterocycles. The van der Waals surface area contributed by atoms with E-state index in [9.17, 15) is 18.4 Å². The highest BCUT2D eigenvalue weighted by atomic mass is 19.4. The van der Waals surface area contributed by atoms with Crippen molar-refractivity contribution < 1.29 is 22.3 Å². The number of halogens is 3. The number of pyridine rings is 1. The van der Waals surface area contributed by atoms with Crippen molar-refractivity contribution in [2.24, 2.45) is 0 Å². The standard InChI is InChI=1S/C8H4F3NO2/c9-8(10,11)6-1-3-12(13)7-5(6)2-4-14-7/h1-4H. The molecule has 2 rings (SSSR count). The molecule has 0 radical (unpaired) electrons. The molecule has 0 saturated heterocycles. The predicted molar refractivity (Wildman–Crippen MR) is 40.2 cm³/mol. The van der Waals surface area contributed by atoms with Gasteiger partial charge in [0.2, 0.25) is 0 Å². The third-order valence-electron chi connectivity index (χ3n) is 1.82. The van der Waals surface area contributed by atoms with Crippen LogP contribution < -0.4 is 4.73 Å². The molecule has 0 bridgehead atoms. The average Bonchev–Trinajstić information content (AvgIpc) is 2.50. The Morgan fingerprint density at radius 3 is 2.64 bits per heavy atom. The summed E-state index contributed by atoms with van der Waals surface area (Å²) in [6, 6.07) is 1.84. The predicted octanol–water partition coefficient (Wildman–Crippen LogP) is 2.08. The van der Waals surface area contributed by atoms with Gasteiger partial charge in [0.25, 0.3) is 0 Å². The first-order valence-corrected chi connectivity index (χ1v) is 3.67. The van der Waals surface area contributed by atoms with Gasteiger partial charge in [0.15, 0.2) is 6.20 Å². The first kappa shape index (κ1) is 8.86. The summed E-state index contributed by atoms with van der Waals surface area (Å²) in [4.78, 5) is 0. The molecule has 0 fully saturated rings. The Kier molecular flexibility index (Phi) is 1.67. The van der Waals surface area contributed by atoms with E-state index < -0.39 is 11.7 Å². The van der Waals surface area contributed by atoms with Crippen molar-refractivity contribution in [3.63, 3.8) is 0 Å². The fraction of sp³-hybridized carbons (Fsp3) is 0.125.